The number of hydrogen-bond donors (Lipinski definition) is 2. The lowest BCUT2D eigenvalue weighted by molar-refractivity contribution is 0.251. The number of benzene rings is 2. The maximum atomic E-state index is 12.8. The second-order valence-corrected chi connectivity index (χ2v) is 7.24. The Bertz CT molecular complexity index is 1040. The smallest absolute Gasteiger partial charge is 0.319 e. The Kier molecular flexibility index (Phi) is 5.86. The molecule has 1 fully saturated rings. The van der Waals surface area contributed by atoms with Gasteiger partial charge in [-0.05, 0) is 44.1 Å². The van der Waals surface area contributed by atoms with Crippen molar-refractivity contribution in [1.29, 1.82) is 0 Å². The van der Waals surface area contributed by atoms with Crippen molar-refractivity contribution in [1.82, 2.24) is 20.0 Å². The zero-order valence-corrected chi connectivity index (χ0v) is 16.3. The molecule has 2 N–H and O–H groups in total. The number of rotatable bonds is 6. The highest BCUT2D eigenvalue weighted by Gasteiger charge is 2.14. The largest absolute Gasteiger partial charge is 0.332 e. The number of carbonyl (C=O) groups is 1. The van der Waals surface area contributed by atoms with Crippen molar-refractivity contribution in [2.75, 3.05) is 25.0 Å². The Morgan fingerprint density at radius 3 is 2.38 bits per heavy atom. The number of anilines is 1. The van der Waals surface area contributed by atoms with Crippen molar-refractivity contribution in [3.05, 3.63) is 70.6 Å². The lowest BCUT2D eigenvalue weighted by Gasteiger charge is -2.16. The number of aromatic nitrogens is 2. The van der Waals surface area contributed by atoms with E-state index in [1.54, 1.807) is 0 Å². The maximum absolute atomic E-state index is 12.8. The number of likely N-dealkylation sites (tertiary alicyclic amines) is 1. The fourth-order valence-electron chi connectivity index (χ4n) is 3.69. The number of amides is 2. The molecule has 0 unspecified atom stereocenters. The van der Waals surface area contributed by atoms with E-state index >= 15 is 0 Å². The van der Waals surface area contributed by atoms with E-state index in [1.807, 2.05) is 54.6 Å². The molecule has 2 heterocycles. The second-order valence-electron chi connectivity index (χ2n) is 7.24. The molecule has 1 aliphatic heterocycles. The molecule has 1 aromatic heterocycles. The molecule has 1 aliphatic rings. The summed E-state index contributed by atoms with van der Waals surface area (Å²) in [4.78, 5) is 27.5. The number of carbonyl (C=O) groups excluding carboxylic acids is 1. The minimum atomic E-state index is -0.308. The molecule has 2 aromatic carbocycles. The lowest BCUT2D eigenvalue weighted by atomic mass is 10.1. The Morgan fingerprint density at radius 1 is 0.931 bits per heavy atom. The third-order valence-corrected chi connectivity index (χ3v) is 5.22. The normalized spacial score (nSPS) is 14.2. The van der Waals surface area contributed by atoms with Crippen LogP contribution in [0.3, 0.4) is 0 Å². The van der Waals surface area contributed by atoms with Gasteiger partial charge < -0.3 is 15.5 Å². The Balaban J connectivity index is 1.51. The fourth-order valence-corrected chi connectivity index (χ4v) is 3.69. The van der Waals surface area contributed by atoms with E-state index in [2.05, 4.69) is 20.6 Å². The number of nitrogens with one attached hydrogen (secondary N) is 2. The molecule has 7 heteroatoms. The van der Waals surface area contributed by atoms with Gasteiger partial charge in [-0.3, -0.25) is 4.79 Å². The van der Waals surface area contributed by atoms with Crippen molar-refractivity contribution in [2.24, 2.45) is 0 Å². The van der Waals surface area contributed by atoms with Crippen molar-refractivity contribution in [3.8, 4) is 0 Å². The van der Waals surface area contributed by atoms with E-state index < -0.39 is 0 Å². The molecule has 3 aromatic rings. The van der Waals surface area contributed by atoms with Gasteiger partial charge in [0, 0.05) is 17.6 Å². The SMILES string of the molecule is O=C(NCc1nn(CCN2CCCC2)c(=O)c2ccccc12)Nc1ccccc1. The van der Waals surface area contributed by atoms with E-state index in [0.717, 1.165) is 30.7 Å². The Hall–Kier alpha value is -3.19. The molecule has 150 valence electrons. The van der Waals surface area contributed by atoms with E-state index in [1.165, 1.54) is 17.5 Å². The van der Waals surface area contributed by atoms with Crippen LogP contribution in [0.1, 0.15) is 18.5 Å². The average Bonchev–Trinajstić information content (AvgIpc) is 3.27. The zero-order valence-electron chi connectivity index (χ0n) is 16.3. The molecule has 7 nitrogen and oxygen atoms in total. The van der Waals surface area contributed by atoms with Crippen LogP contribution in [0.15, 0.2) is 59.4 Å². The van der Waals surface area contributed by atoms with Crippen molar-refractivity contribution in [2.45, 2.75) is 25.9 Å². The molecule has 0 spiro atoms. The quantitative estimate of drug-likeness (QED) is 0.677. The van der Waals surface area contributed by atoms with Gasteiger partial charge in [-0.25, -0.2) is 9.48 Å². The fraction of sp³-hybridized carbons (Fsp3) is 0.318. The molecule has 0 atom stereocenters. The summed E-state index contributed by atoms with van der Waals surface area (Å²) in [6, 6.07) is 16.4. The van der Waals surface area contributed by atoms with Crippen LogP contribution in [-0.2, 0) is 13.1 Å². The highest BCUT2D eigenvalue weighted by Crippen LogP contribution is 2.14. The molecular formula is C22H25N5O2. The van der Waals surface area contributed by atoms with Gasteiger partial charge in [0.15, 0.2) is 0 Å². The standard InChI is InChI=1S/C22H25N5O2/c28-21-19-11-5-4-10-18(19)20(25-27(21)15-14-26-12-6-7-13-26)16-23-22(29)24-17-8-2-1-3-9-17/h1-5,8-11H,6-7,12-16H2,(H2,23,24,29). The van der Waals surface area contributed by atoms with Gasteiger partial charge in [0.25, 0.3) is 5.56 Å². The minimum absolute atomic E-state index is 0.0858. The van der Waals surface area contributed by atoms with Crippen LogP contribution in [0.25, 0.3) is 10.8 Å². The number of fused-ring (bicyclic) bond motifs is 1. The molecule has 0 aliphatic carbocycles. The third-order valence-electron chi connectivity index (χ3n) is 5.22. The predicted octanol–water partition coefficient (Wildman–Crippen LogP) is 2.81. The first-order chi connectivity index (χ1) is 14.2. The van der Waals surface area contributed by atoms with Crippen LogP contribution in [0, 0.1) is 0 Å². The topological polar surface area (TPSA) is 79.3 Å². The van der Waals surface area contributed by atoms with E-state index in [9.17, 15) is 9.59 Å². The molecular weight excluding hydrogens is 366 g/mol. The zero-order chi connectivity index (χ0) is 20.1. The van der Waals surface area contributed by atoms with Gasteiger partial charge in [0.1, 0.15) is 0 Å². The van der Waals surface area contributed by atoms with E-state index in [-0.39, 0.29) is 18.1 Å². The predicted molar refractivity (Wildman–Crippen MR) is 114 cm³/mol. The summed E-state index contributed by atoms with van der Waals surface area (Å²) in [6.45, 7) is 3.76. The van der Waals surface area contributed by atoms with Crippen LogP contribution in [-0.4, -0.2) is 40.3 Å². The van der Waals surface area contributed by atoms with Crippen molar-refractivity contribution < 1.29 is 4.79 Å². The monoisotopic (exact) mass is 391 g/mol. The summed E-state index contributed by atoms with van der Waals surface area (Å²) in [6.07, 6.45) is 2.43. The van der Waals surface area contributed by atoms with Crippen molar-refractivity contribution >= 4 is 22.5 Å². The van der Waals surface area contributed by atoms with Crippen LogP contribution in [0.4, 0.5) is 10.5 Å². The molecule has 0 bridgehead atoms. The molecule has 0 saturated carbocycles. The molecule has 0 radical (unpaired) electrons. The van der Waals surface area contributed by atoms with Gasteiger partial charge in [-0.2, -0.15) is 5.10 Å². The van der Waals surface area contributed by atoms with Crippen LogP contribution in [0.5, 0.6) is 0 Å². The Labute approximate surface area is 169 Å². The molecule has 2 amide bonds. The summed E-state index contributed by atoms with van der Waals surface area (Å²) in [5.41, 5.74) is 1.32. The summed E-state index contributed by atoms with van der Waals surface area (Å²) in [5, 5.41) is 11.6. The first kappa shape index (κ1) is 19.1. The van der Waals surface area contributed by atoms with Crippen LogP contribution in [0.2, 0.25) is 0 Å². The van der Waals surface area contributed by atoms with Gasteiger partial charge in [-0.15, -0.1) is 0 Å². The van der Waals surface area contributed by atoms with Gasteiger partial charge in [-0.1, -0.05) is 36.4 Å². The molecule has 4 rings (SSSR count). The summed E-state index contributed by atoms with van der Waals surface area (Å²) in [5.74, 6) is 0. The molecule has 1 saturated heterocycles. The average molecular weight is 391 g/mol. The van der Waals surface area contributed by atoms with E-state index in [4.69, 9.17) is 0 Å². The van der Waals surface area contributed by atoms with Gasteiger partial charge in [0.05, 0.1) is 24.2 Å². The summed E-state index contributed by atoms with van der Waals surface area (Å²) in [7, 11) is 0. The first-order valence-electron chi connectivity index (χ1n) is 10.0. The van der Waals surface area contributed by atoms with Gasteiger partial charge in [0.2, 0.25) is 0 Å². The molecule has 29 heavy (non-hydrogen) atoms. The minimum Gasteiger partial charge on any atom is -0.332 e. The number of hydrogen-bond acceptors (Lipinski definition) is 4. The summed E-state index contributed by atoms with van der Waals surface area (Å²) < 4.78 is 1.53. The highest BCUT2D eigenvalue weighted by molar-refractivity contribution is 5.89. The second kappa shape index (κ2) is 8.87. The number of para-hydroxylation sites is 1. The highest BCUT2D eigenvalue weighted by atomic mass is 16.2. The van der Waals surface area contributed by atoms with Crippen molar-refractivity contribution in [3.63, 3.8) is 0 Å². The number of nitrogens with zero attached hydrogens (tertiary/aromatic N) is 3. The first-order valence-corrected chi connectivity index (χ1v) is 10.0. The number of urea groups is 1. The maximum Gasteiger partial charge on any atom is 0.319 e. The Morgan fingerprint density at radius 2 is 1.62 bits per heavy atom. The third kappa shape index (κ3) is 4.63. The van der Waals surface area contributed by atoms with Crippen LogP contribution >= 0.6 is 0 Å². The van der Waals surface area contributed by atoms with Gasteiger partial charge >= 0.3 is 6.03 Å². The van der Waals surface area contributed by atoms with Crippen LogP contribution < -0.4 is 16.2 Å². The lowest BCUT2D eigenvalue weighted by Crippen LogP contribution is -2.33. The van der Waals surface area contributed by atoms with E-state index in [0.29, 0.717) is 17.6 Å². The summed E-state index contributed by atoms with van der Waals surface area (Å²) >= 11 is 0.